The van der Waals surface area contributed by atoms with Crippen molar-refractivity contribution in [3.63, 3.8) is 0 Å². The lowest BCUT2D eigenvalue weighted by Crippen LogP contribution is -2.26. The molecule has 1 fully saturated rings. The number of rotatable bonds is 3. The van der Waals surface area contributed by atoms with Crippen LogP contribution in [-0.4, -0.2) is 19.9 Å². The Labute approximate surface area is 93.4 Å². The van der Waals surface area contributed by atoms with Crippen LogP contribution in [0.1, 0.15) is 5.56 Å². The number of hydrogen-bond donors (Lipinski definition) is 0. The summed E-state index contributed by atoms with van der Waals surface area (Å²) >= 11 is 0. The van der Waals surface area contributed by atoms with Crippen molar-refractivity contribution in [3.8, 4) is 5.75 Å². The zero-order valence-corrected chi connectivity index (χ0v) is 8.93. The van der Waals surface area contributed by atoms with E-state index in [0.29, 0.717) is 5.75 Å². The summed E-state index contributed by atoms with van der Waals surface area (Å²) in [5.41, 5.74) is -0.206. The highest BCUT2D eigenvalue weighted by molar-refractivity contribution is 5.65. The molecule has 0 unspecified atom stereocenters. The van der Waals surface area contributed by atoms with Crippen LogP contribution in [0.2, 0.25) is 0 Å². The third kappa shape index (κ3) is 1.52. The summed E-state index contributed by atoms with van der Waals surface area (Å²) in [5, 5.41) is 0. The summed E-state index contributed by atoms with van der Waals surface area (Å²) in [6.45, 7) is 3.81. The molecule has 16 heavy (non-hydrogen) atoms. The smallest absolute Gasteiger partial charge is 0.496 e. The van der Waals surface area contributed by atoms with Crippen LogP contribution in [0.25, 0.3) is 0 Å². The SMILES string of the molecule is C=C[C@]1(c2ccccc2OC)COC(=O)O1. The Hall–Kier alpha value is -1.97. The molecule has 0 amide bonds. The number of carbonyl (C=O) groups excluding carboxylic acids is 1. The molecule has 2 rings (SSSR count). The Morgan fingerprint density at radius 1 is 1.50 bits per heavy atom. The number of cyclic esters (lactones) is 2. The Morgan fingerprint density at radius 2 is 2.25 bits per heavy atom. The van der Waals surface area contributed by atoms with Gasteiger partial charge in [-0.15, -0.1) is 0 Å². The second-order valence-corrected chi connectivity index (χ2v) is 3.43. The van der Waals surface area contributed by atoms with Crippen molar-refractivity contribution in [2.45, 2.75) is 5.60 Å². The number of methoxy groups -OCH3 is 1. The van der Waals surface area contributed by atoms with Crippen molar-refractivity contribution in [3.05, 3.63) is 42.5 Å². The van der Waals surface area contributed by atoms with E-state index in [2.05, 4.69) is 6.58 Å². The van der Waals surface area contributed by atoms with Crippen molar-refractivity contribution < 1.29 is 19.0 Å². The first kappa shape index (κ1) is 10.5. The normalized spacial score (nSPS) is 23.4. The van der Waals surface area contributed by atoms with Crippen molar-refractivity contribution in [1.82, 2.24) is 0 Å². The molecule has 0 bridgehead atoms. The molecule has 1 aliphatic rings. The average molecular weight is 220 g/mol. The second-order valence-electron chi connectivity index (χ2n) is 3.43. The van der Waals surface area contributed by atoms with E-state index in [1.807, 2.05) is 18.2 Å². The fraction of sp³-hybridized carbons (Fsp3) is 0.250. The minimum atomic E-state index is -0.941. The predicted molar refractivity (Wildman–Crippen MR) is 57.3 cm³/mol. The van der Waals surface area contributed by atoms with Gasteiger partial charge in [0.1, 0.15) is 12.4 Å². The van der Waals surface area contributed by atoms with Crippen molar-refractivity contribution >= 4 is 6.16 Å². The Kier molecular flexibility index (Phi) is 2.56. The van der Waals surface area contributed by atoms with E-state index in [0.717, 1.165) is 5.56 Å². The van der Waals surface area contributed by atoms with Gasteiger partial charge in [0.05, 0.1) is 7.11 Å². The van der Waals surface area contributed by atoms with E-state index < -0.39 is 11.8 Å². The maximum atomic E-state index is 11.1. The third-order valence-corrected chi connectivity index (χ3v) is 2.56. The monoisotopic (exact) mass is 220 g/mol. The fourth-order valence-corrected chi connectivity index (χ4v) is 1.71. The van der Waals surface area contributed by atoms with Crippen LogP contribution in [0.4, 0.5) is 4.79 Å². The summed E-state index contributed by atoms with van der Waals surface area (Å²) < 4.78 is 15.2. The molecule has 4 heteroatoms. The molecule has 4 nitrogen and oxygen atoms in total. The molecule has 0 aliphatic carbocycles. The molecule has 0 aromatic heterocycles. The molecule has 0 radical (unpaired) electrons. The maximum Gasteiger partial charge on any atom is 0.509 e. The van der Waals surface area contributed by atoms with Crippen molar-refractivity contribution in [1.29, 1.82) is 0 Å². The molecule has 1 saturated heterocycles. The molecule has 1 heterocycles. The van der Waals surface area contributed by atoms with Gasteiger partial charge in [0.25, 0.3) is 0 Å². The molecule has 0 N–H and O–H groups in total. The van der Waals surface area contributed by atoms with E-state index in [1.165, 1.54) is 0 Å². The van der Waals surface area contributed by atoms with Gasteiger partial charge in [0, 0.05) is 5.56 Å². The molecule has 84 valence electrons. The first-order valence-electron chi connectivity index (χ1n) is 4.85. The van der Waals surface area contributed by atoms with Gasteiger partial charge in [-0.2, -0.15) is 0 Å². The largest absolute Gasteiger partial charge is 0.509 e. The van der Waals surface area contributed by atoms with Crippen LogP contribution < -0.4 is 4.74 Å². The molecular formula is C12H12O4. The van der Waals surface area contributed by atoms with Crippen LogP contribution in [0, 0.1) is 0 Å². The van der Waals surface area contributed by atoms with E-state index >= 15 is 0 Å². The van der Waals surface area contributed by atoms with Gasteiger partial charge in [-0.25, -0.2) is 4.79 Å². The number of carbonyl (C=O) groups is 1. The van der Waals surface area contributed by atoms with Gasteiger partial charge in [-0.1, -0.05) is 24.8 Å². The Bertz CT molecular complexity index is 427. The van der Waals surface area contributed by atoms with Gasteiger partial charge < -0.3 is 14.2 Å². The molecule has 0 spiro atoms. The van der Waals surface area contributed by atoms with Gasteiger partial charge >= 0.3 is 6.16 Å². The second kappa shape index (κ2) is 3.89. The summed E-state index contributed by atoms with van der Waals surface area (Å²) in [6, 6.07) is 7.31. The topological polar surface area (TPSA) is 44.8 Å². The standard InChI is InChI=1S/C12H12O4/c1-3-12(8-15-11(13)16-12)9-6-4-5-7-10(9)14-2/h3-7H,1,8H2,2H3/t12-/m1/s1. The van der Waals surface area contributed by atoms with Crippen LogP contribution in [0.15, 0.2) is 36.9 Å². The van der Waals surface area contributed by atoms with Crippen LogP contribution >= 0.6 is 0 Å². The lowest BCUT2D eigenvalue weighted by molar-refractivity contribution is 0.0872. The van der Waals surface area contributed by atoms with E-state index in [4.69, 9.17) is 14.2 Å². The molecular weight excluding hydrogens is 208 g/mol. The third-order valence-electron chi connectivity index (χ3n) is 2.56. The predicted octanol–water partition coefficient (Wildman–Crippen LogP) is 2.24. The van der Waals surface area contributed by atoms with Gasteiger partial charge in [0.2, 0.25) is 0 Å². The van der Waals surface area contributed by atoms with Crippen LogP contribution in [-0.2, 0) is 15.1 Å². The highest BCUT2D eigenvalue weighted by Gasteiger charge is 2.43. The summed E-state index contributed by atoms with van der Waals surface area (Å²) in [5.74, 6) is 0.640. The average Bonchev–Trinajstić information content (AvgIpc) is 2.72. The summed E-state index contributed by atoms with van der Waals surface area (Å²) in [4.78, 5) is 11.1. The summed E-state index contributed by atoms with van der Waals surface area (Å²) in [6.07, 6.45) is 0.862. The van der Waals surface area contributed by atoms with Crippen molar-refractivity contribution in [2.24, 2.45) is 0 Å². The zero-order chi connectivity index (χ0) is 11.6. The number of para-hydroxylation sites is 1. The number of benzene rings is 1. The Morgan fingerprint density at radius 3 is 2.81 bits per heavy atom. The minimum absolute atomic E-state index is 0.121. The quantitative estimate of drug-likeness (QED) is 0.579. The Balaban J connectivity index is 2.48. The molecule has 1 atom stereocenters. The first-order valence-corrected chi connectivity index (χ1v) is 4.85. The zero-order valence-electron chi connectivity index (χ0n) is 8.93. The van der Waals surface area contributed by atoms with Crippen LogP contribution in [0.3, 0.4) is 0 Å². The van der Waals surface area contributed by atoms with Gasteiger partial charge in [-0.05, 0) is 12.1 Å². The highest BCUT2D eigenvalue weighted by atomic mass is 16.8. The molecule has 1 aromatic rings. The number of ether oxygens (including phenoxy) is 3. The fourth-order valence-electron chi connectivity index (χ4n) is 1.71. The van der Waals surface area contributed by atoms with E-state index in [9.17, 15) is 4.79 Å². The lowest BCUT2D eigenvalue weighted by Gasteiger charge is -2.23. The molecule has 1 aliphatic heterocycles. The first-order chi connectivity index (χ1) is 7.72. The van der Waals surface area contributed by atoms with E-state index in [1.54, 1.807) is 19.3 Å². The highest BCUT2D eigenvalue weighted by Crippen LogP contribution is 2.37. The lowest BCUT2D eigenvalue weighted by atomic mass is 9.94. The van der Waals surface area contributed by atoms with E-state index in [-0.39, 0.29) is 6.61 Å². The molecule has 0 saturated carbocycles. The maximum absolute atomic E-state index is 11.1. The number of hydrogen-bond acceptors (Lipinski definition) is 4. The van der Waals surface area contributed by atoms with Crippen molar-refractivity contribution in [2.75, 3.05) is 13.7 Å². The van der Waals surface area contributed by atoms with Crippen LogP contribution in [0.5, 0.6) is 5.75 Å². The van der Waals surface area contributed by atoms with Gasteiger partial charge in [0.15, 0.2) is 5.60 Å². The molecule has 1 aromatic carbocycles. The van der Waals surface area contributed by atoms with Gasteiger partial charge in [-0.3, -0.25) is 0 Å². The summed E-state index contributed by atoms with van der Waals surface area (Å²) in [7, 11) is 1.56. The minimum Gasteiger partial charge on any atom is -0.496 e.